The average Bonchev–Trinajstić information content (AvgIpc) is 3.35. The van der Waals surface area contributed by atoms with Gasteiger partial charge in [0.2, 0.25) is 5.13 Å². The Morgan fingerprint density at radius 2 is 1.79 bits per heavy atom. The molecule has 12 heteroatoms. The number of nitriles is 1. The van der Waals surface area contributed by atoms with Crippen LogP contribution < -0.4 is 14.2 Å². The summed E-state index contributed by atoms with van der Waals surface area (Å²) in [6.07, 6.45) is 1.74. The lowest BCUT2D eigenvalue weighted by molar-refractivity contribution is -0.112. The minimum atomic E-state index is -4.19. The largest absolute Gasteiger partial charge is 0.497 e. The molecule has 4 rings (SSSR count). The molecule has 38 heavy (non-hydrogen) atoms. The molecule has 0 aliphatic rings. The molecule has 0 aliphatic carbocycles. The summed E-state index contributed by atoms with van der Waals surface area (Å²) in [5, 5.41) is 21.7. The lowest BCUT2D eigenvalue weighted by Crippen LogP contribution is -2.13. The van der Waals surface area contributed by atoms with Crippen LogP contribution in [0.2, 0.25) is 5.02 Å². The number of halogens is 1. The highest BCUT2D eigenvalue weighted by Gasteiger charge is 2.19. The molecule has 1 aromatic heterocycles. The molecule has 192 valence electrons. The second-order valence-corrected chi connectivity index (χ2v) is 10.7. The smallest absolute Gasteiger partial charge is 0.339 e. The highest BCUT2D eigenvalue weighted by Crippen LogP contribution is 2.27. The number of hydrogen-bond acceptors (Lipinski definition) is 9. The van der Waals surface area contributed by atoms with E-state index in [4.69, 9.17) is 20.5 Å². The molecule has 1 N–H and O–H groups in total. The molecule has 0 aliphatic heterocycles. The minimum Gasteiger partial charge on any atom is -0.497 e. The van der Waals surface area contributed by atoms with Crippen molar-refractivity contribution >= 4 is 50.2 Å². The number of aromatic nitrogens is 2. The molecular weight excluding hydrogens is 548 g/mol. The van der Waals surface area contributed by atoms with Crippen LogP contribution in [0, 0.1) is 11.3 Å². The van der Waals surface area contributed by atoms with Gasteiger partial charge in [-0.3, -0.25) is 10.1 Å². The molecule has 0 spiro atoms. The maximum atomic E-state index is 12.8. The Labute approximate surface area is 228 Å². The number of ether oxygens (including phenoxy) is 1. The average molecular weight is 567 g/mol. The number of carbonyl (C=O) groups is 1. The highest BCUT2D eigenvalue weighted by molar-refractivity contribution is 7.87. The first-order valence-corrected chi connectivity index (χ1v) is 13.6. The zero-order chi connectivity index (χ0) is 27.1. The molecule has 9 nitrogen and oxygen atoms in total. The van der Waals surface area contributed by atoms with E-state index in [1.54, 1.807) is 24.3 Å². The van der Waals surface area contributed by atoms with E-state index >= 15 is 0 Å². The fourth-order valence-corrected chi connectivity index (χ4v) is 5.05. The van der Waals surface area contributed by atoms with Gasteiger partial charge in [-0.15, -0.1) is 10.2 Å². The number of para-hydroxylation sites is 1. The number of anilines is 1. The number of nitrogens with one attached hydrogen (secondary N) is 1. The van der Waals surface area contributed by atoms with Crippen molar-refractivity contribution < 1.29 is 22.1 Å². The van der Waals surface area contributed by atoms with Crippen molar-refractivity contribution in [2.75, 3.05) is 12.4 Å². The Morgan fingerprint density at radius 1 is 1.08 bits per heavy atom. The van der Waals surface area contributed by atoms with Crippen molar-refractivity contribution in [3.63, 3.8) is 0 Å². The number of hydrogen-bond donors (Lipinski definition) is 1. The third-order valence-corrected chi connectivity index (χ3v) is 7.43. The summed E-state index contributed by atoms with van der Waals surface area (Å²) >= 11 is 7.08. The van der Waals surface area contributed by atoms with Gasteiger partial charge in [-0.1, -0.05) is 53.3 Å². The zero-order valence-corrected chi connectivity index (χ0v) is 22.2. The predicted molar refractivity (Wildman–Crippen MR) is 144 cm³/mol. The van der Waals surface area contributed by atoms with Crippen LogP contribution in [0.15, 0.2) is 83.3 Å². The predicted octanol–water partition coefficient (Wildman–Crippen LogP) is 5.10. The number of amides is 1. The second-order valence-electron chi connectivity index (χ2n) is 7.68. The third-order valence-electron chi connectivity index (χ3n) is 5.09. The van der Waals surface area contributed by atoms with E-state index in [0.717, 1.165) is 5.56 Å². The van der Waals surface area contributed by atoms with Crippen molar-refractivity contribution in [2.45, 2.75) is 11.3 Å². The fourth-order valence-electron chi connectivity index (χ4n) is 3.21. The van der Waals surface area contributed by atoms with E-state index in [9.17, 15) is 18.5 Å². The molecular formula is C26H19ClN4O5S2. The molecule has 0 saturated heterocycles. The van der Waals surface area contributed by atoms with Gasteiger partial charge in [0.1, 0.15) is 33.0 Å². The number of rotatable bonds is 9. The Balaban J connectivity index is 1.50. The SMILES string of the molecule is COc1ccc(S(=O)(=O)Oc2ccccc2/C=C(\C#N)C(=O)Nc2nnc(Cc3ccc(Cl)cc3)s2)cc1. The molecule has 0 radical (unpaired) electrons. The first-order chi connectivity index (χ1) is 18.3. The highest BCUT2D eigenvalue weighted by atomic mass is 35.5. The molecule has 0 bridgehead atoms. The number of benzene rings is 3. The first kappa shape index (κ1) is 26.8. The van der Waals surface area contributed by atoms with E-state index in [0.29, 0.717) is 22.2 Å². The van der Waals surface area contributed by atoms with Gasteiger partial charge in [-0.05, 0) is 54.1 Å². The van der Waals surface area contributed by atoms with E-state index in [-0.39, 0.29) is 26.9 Å². The molecule has 0 unspecified atom stereocenters. The quantitative estimate of drug-likeness (QED) is 0.168. The number of nitrogens with zero attached hydrogens (tertiary/aromatic N) is 3. The summed E-state index contributed by atoms with van der Waals surface area (Å²) in [6.45, 7) is 0. The van der Waals surface area contributed by atoms with Crippen LogP contribution in [-0.2, 0) is 21.3 Å². The Bertz CT molecular complexity index is 1630. The molecule has 0 fully saturated rings. The normalized spacial score (nSPS) is 11.4. The molecule has 0 saturated carbocycles. The van der Waals surface area contributed by atoms with Gasteiger partial charge in [0.15, 0.2) is 0 Å². The van der Waals surface area contributed by atoms with Crippen molar-refractivity contribution in [1.29, 1.82) is 5.26 Å². The Hall–Kier alpha value is -4.24. The summed E-state index contributed by atoms with van der Waals surface area (Å²) < 4.78 is 35.9. The van der Waals surface area contributed by atoms with Gasteiger partial charge in [0.05, 0.1) is 7.11 Å². The molecule has 4 aromatic rings. The molecule has 3 aromatic carbocycles. The lowest BCUT2D eigenvalue weighted by Gasteiger charge is -2.10. The first-order valence-electron chi connectivity index (χ1n) is 10.9. The second kappa shape index (κ2) is 11.9. The van der Waals surface area contributed by atoms with Crippen LogP contribution in [0.25, 0.3) is 6.08 Å². The van der Waals surface area contributed by atoms with E-state index < -0.39 is 16.0 Å². The summed E-state index contributed by atoms with van der Waals surface area (Å²) in [5.41, 5.74) is 0.913. The summed E-state index contributed by atoms with van der Waals surface area (Å²) in [4.78, 5) is 12.7. The van der Waals surface area contributed by atoms with E-state index in [2.05, 4.69) is 15.5 Å². The molecule has 1 heterocycles. The summed E-state index contributed by atoms with van der Waals surface area (Å²) in [5.74, 6) is -0.288. The van der Waals surface area contributed by atoms with Gasteiger partial charge in [0, 0.05) is 17.0 Å². The van der Waals surface area contributed by atoms with Crippen molar-refractivity contribution in [2.24, 2.45) is 0 Å². The zero-order valence-electron chi connectivity index (χ0n) is 19.8. The molecule has 1 amide bonds. The van der Waals surface area contributed by atoms with Gasteiger partial charge in [-0.25, -0.2) is 0 Å². The summed E-state index contributed by atoms with van der Waals surface area (Å²) in [7, 11) is -2.72. The number of methoxy groups -OCH3 is 1. The van der Waals surface area contributed by atoms with Crippen LogP contribution in [0.1, 0.15) is 16.1 Å². The van der Waals surface area contributed by atoms with E-state index in [1.165, 1.54) is 60.9 Å². The standard InChI is InChI=1S/C26H19ClN4O5S2/c1-35-21-10-12-22(13-11-21)38(33,34)36-23-5-3-2-4-18(23)15-19(16-28)25(32)29-26-31-30-24(37-26)14-17-6-8-20(27)9-7-17/h2-13,15H,14H2,1H3,(H,29,31,32)/b19-15+. The van der Waals surface area contributed by atoms with Gasteiger partial charge >= 0.3 is 10.1 Å². The van der Waals surface area contributed by atoms with E-state index in [1.807, 2.05) is 18.2 Å². The van der Waals surface area contributed by atoms with Crippen LogP contribution in [-0.4, -0.2) is 31.6 Å². The molecule has 0 atom stereocenters. The van der Waals surface area contributed by atoms with Crippen LogP contribution in [0.3, 0.4) is 0 Å². The maximum Gasteiger partial charge on any atom is 0.339 e. The van der Waals surface area contributed by atoms with Crippen LogP contribution in [0.4, 0.5) is 5.13 Å². The van der Waals surface area contributed by atoms with Crippen molar-refractivity contribution in [3.05, 3.63) is 99.5 Å². The topological polar surface area (TPSA) is 131 Å². The van der Waals surface area contributed by atoms with Crippen molar-refractivity contribution in [1.82, 2.24) is 10.2 Å². The van der Waals surface area contributed by atoms with Crippen LogP contribution in [0.5, 0.6) is 11.5 Å². The van der Waals surface area contributed by atoms with Gasteiger partial charge < -0.3 is 8.92 Å². The fraction of sp³-hybridized carbons (Fsp3) is 0.0769. The lowest BCUT2D eigenvalue weighted by atomic mass is 10.1. The van der Waals surface area contributed by atoms with Crippen LogP contribution >= 0.6 is 22.9 Å². The Kier molecular flexibility index (Phi) is 8.38. The third kappa shape index (κ3) is 6.74. The van der Waals surface area contributed by atoms with Gasteiger partial charge in [0.25, 0.3) is 5.91 Å². The Morgan fingerprint density at radius 3 is 2.47 bits per heavy atom. The minimum absolute atomic E-state index is 0.0509. The maximum absolute atomic E-state index is 12.8. The van der Waals surface area contributed by atoms with Gasteiger partial charge in [-0.2, -0.15) is 13.7 Å². The monoisotopic (exact) mass is 566 g/mol. The number of carbonyl (C=O) groups excluding carboxylic acids is 1. The van der Waals surface area contributed by atoms with Crippen molar-refractivity contribution in [3.8, 4) is 17.6 Å². The summed E-state index contributed by atoms with van der Waals surface area (Å²) in [6, 6.07) is 21.0.